The second kappa shape index (κ2) is 4.33. The summed E-state index contributed by atoms with van der Waals surface area (Å²) in [5.41, 5.74) is 0.175. The Labute approximate surface area is 79.3 Å². The van der Waals surface area contributed by atoms with Crippen molar-refractivity contribution in [3.8, 4) is 0 Å². The summed E-state index contributed by atoms with van der Waals surface area (Å²) in [6, 6.07) is 1.93. The molecule has 0 aliphatic rings. The molecular formula is C9H7ClF2O. The zero-order valence-electron chi connectivity index (χ0n) is 6.69. The van der Waals surface area contributed by atoms with E-state index in [1.165, 1.54) is 0 Å². The number of benzene rings is 1. The van der Waals surface area contributed by atoms with Crippen LogP contribution in [0.1, 0.15) is 12.0 Å². The number of halogens is 3. The molecule has 0 N–H and O–H groups in total. The van der Waals surface area contributed by atoms with Gasteiger partial charge in [-0.25, -0.2) is 8.78 Å². The lowest BCUT2D eigenvalue weighted by molar-refractivity contribution is -0.107. The molecule has 4 heteroatoms. The van der Waals surface area contributed by atoms with Crippen molar-refractivity contribution in [1.29, 1.82) is 0 Å². The van der Waals surface area contributed by atoms with E-state index in [4.69, 9.17) is 11.6 Å². The van der Waals surface area contributed by atoms with E-state index in [9.17, 15) is 13.6 Å². The highest BCUT2D eigenvalue weighted by atomic mass is 35.5. The van der Waals surface area contributed by atoms with Crippen LogP contribution in [0, 0.1) is 11.6 Å². The van der Waals surface area contributed by atoms with Crippen molar-refractivity contribution in [1.82, 2.24) is 0 Å². The Hall–Kier alpha value is -0.960. The average Bonchev–Trinajstić information content (AvgIpc) is 2.09. The number of carbonyl (C=O) groups is 1. The van der Waals surface area contributed by atoms with Crippen molar-refractivity contribution in [2.45, 2.75) is 12.8 Å². The van der Waals surface area contributed by atoms with Gasteiger partial charge < -0.3 is 4.79 Å². The minimum atomic E-state index is -0.663. The van der Waals surface area contributed by atoms with Gasteiger partial charge in [0.05, 0.1) is 5.02 Å². The molecule has 0 aliphatic carbocycles. The molecule has 0 spiro atoms. The van der Waals surface area contributed by atoms with Crippen LogP contribution in [-0.2, 0) is 11.2 Å². The normalized spacial score (nSPS) is 10.1. The Balaban J connectivity index is 2.94. The molecule has 1 nitrogen and oxygen atoms in total. The van der Waals surface area contributed by atoms with Crippen LogP contribution in [0.5, 0.6) is 0 Å². The fraction of sp³-hybridized carbons (Fsp3) is 0.222. The molecule has 0 aliphatic heterocycles. The Bertz CT molecular complexity index is 326. The maximum absolute atomic E-state index is 13.0. The standard InChI is InChI=1S/C9H7ClF2O/c10-7-5-8(11)6(2-1-3-13)4-9(7)12/h3-5H,1-2H2. The molecule has 1 aromatic rings. The molecule has 0 heterocycles. The Kier molecular flexibility index (Phi) is 3.37. The van der Waals surface area contributed by atoms with Gasteiger partial charge in [0.1, 0.15) is 17.9 Å². The van der Waals surface area contributed by atoms with E-state index >= 15 is 0 Å². The van der Waals surface area contributed by atoms with Crippen LogP contribution in [0.2, 0.25) is 5.02 Å². The molecular weight excluding hydrogens is 198 g/mol. The number of rotatable bonds is 3. The summed E-state index contributed by atoms with van der Waals surface area (Å²) in [7, 11) is 0. The van der Waals surface area contributed by atoms with Crippen LogP contribution >= 0.6 is 11.6 Å². The fourth-order valence-corrected chi connectivity index (χ4v) is 1.12. The van der Waals surface area contributed by atoms with E-state index < -0.39 is 11.6 Å². The third-order valence-electron chi connectivity index (χ3n) is 1.62. The van der Waals surface area contributed by atoms with Crippen molar-refractivity contribution in [2.24, 2.45) is 0 Å². The second-order valence-electron chi connectivity index (χ2n) is 2.56. The first-order chi connectivity index (χ1) is 6.15. The van der Waals surface area contributed by atoms with Crippen LogP contribution in [-0.4, -0.2) is 6.29 Å². The maximum atomic E-state index is 13.0. The third-order valence-corrected chi connectivity index (χ3v) is 1.91. The molecule has 0 radical (unpaired) electrons. The van der Waals surface area contributed by atoms with E-state index in [0.29, 0.717) is 6.29 Å². The van der Waals surface area contributed by atoms with Crippen LogP contribution in [0.25, 0.3) is 0 Å². The largest absolute Gasteiger partial charge is 0.303 e. The van der Waals surface area contributed by atoms with Gasteiger partial charge in [-0.2, -0.15) is 0 Å². The quantitative estimate of drug-likeness (QED) is 0.547. The highest BCUT2D eigenvalue weighted by Crippen LogP contribution is 2.19. The predicted octanol–water partition coefficient (Wildman–Crippen LogP) is 2.75. The van der Waals surface area contributed by atoms with Crippen molar-refractivity contribution in [2.75, 3.05) is 0 Å². The predicted molar refractivity (Wildman–Crippen MR) is 45.8 cm³/mol. The summed E-state index contributed by atoms with van der Waals surface area (Å²) in [6.07, 6.45) is 1.04. The number of aryl methyl sites for hydroxylation is 1. The van der Waals surface area contributed by atoms with E-state index in [2.05, 4.69) is 0 Å². The van der Waals surface area contributed by atoms with E-state index in [0.717, 1.165) is 12.1 Å². The molecule has 1 aromatic carbocycles. The van der Waals surface area contributed by atoms with Gasteiger partial charge in [0.25, 0.3) is 0 Å². The minimum absolute atomic E-state index is 0.175. The van der Waals surface area contributed by atoms with Crippen molar-refractivity contribution in [3.05, 3.63) is 34.4 Å². The molecule has 70 valence electrons. The summed E-state index contributed by atoms with van der Waals surface area (Å²) in [5.74, 6) is -1.24. The molecule has 13 heavy (non-hydrogen) atoms. The summed E-state index contributed by atoms with van der Waals surface area (Å²) in [6.45, 7) is 0. The van der Waals surface area contributed by atoms with Gasteiger partial charge >= 0.3 is 0 Å². The van der Waals surface area contributed by atoms with Crippen LogP contribution in [0.3, 0.4) is 0 Å². The van der Waals surface area contributed by atoms with Gasteiger partial charge in [-0.1, -0.05) is 11.6 Å². The first-order valence-corrected chi connectivity index (χ1v) is 4.10. The summed E-state index contributed by atoms with van der Waals surface area (Å²) in [4.78, 5) is 10.00. The summed E-state index contributed by atoms with van der Waals surface area (Å²) >= 11 is 5.34. The average molecular weight is 205 g/mol. The van der Waals surface area contributed by atoms with Gasteiger partial charge in [0, 0.05) is 6.42 Å². The molecule has 0 saturated carbocycles. The van der Waals surface area contributed by atoms with Crippen LogP contribution in [0.4, 0.5) is 8.78 Å². The lowest BCUT2D eigenvalue weighted by Gasteiger charge is -2.01. The van der Waals surface area contributed by atoms with Crippen molar-refractivity contribution < 1.29 is 13.6 Å². The van der Waals surface area contributed by atoms with Gasteiger partial charge in [0.2, 0.25) is 0 Å². The topological polar surface area (TPSA) is 17.1 Å². The van der Waals surface area contributed by atoms with Gasteiger partial charge in [0.15, 0.2) is 0 Å². The number of carbonyl (C=O) groups excluding carboxylic acids is 1. The van der Waals surface area contributed by atoms with Crippen LogP contribution < -0.4 is 0 Å². The smallest absolute Gasteiger partial charge is 0.142 e. The SMILES string of the molecule is O=CCCc1cc(F)c(Cl)cc1F. The first kappa shape index (κ1) is 10.1. The monoisotopic (exact) mass is 204 g/mol. The molecule has 0 bridgehead atoms. The highest BCUT2D eigenvalue weighted by molar-refractivity contribution is 6.30. The maximum Gasteiger partial charge on any atom is 0.142 e. The Morgan fingerprint density at radius 3 is 2.62 bits per heavy atom. The highest BCUT2D eigenvalue weighted by Gasteiger charge is 2.07. The molecule has 0 aromatic heterocycles. The Morgan fingerprint density at radius 1 is 1.31 bits per heavy atom. The lowest BCUT2D eigenvalue weighted by atomic mass is 10.1. The zero-order chi connectivity index (χ0) is 9.84. The van der Waals surface area contributed by atoms with E-state index in [1.807, 2.05) is 0 Å². The summed E-state index contributed by atoms with van der Waals surface area (Å²) < 4.78 is 25.8. The number of aldehydes is 1. The second-order valence-corrected chi connectivity index (χ2v) is 2.97. The lowest BCUT2D eigenvalue weighted by Crippen LogP contribution is -1.93. The number of hydrogen-bond donors (Lipinski definition) is 0. The van der Waals surface area contributed by atoms with E-state index in [-0.39, 0.29) is 23.4 Å². The van der Waals surface area contributed by atoms with Gasteiger partial charge in [-0.3, -0.25) is 0 Å². The fourth-order valence-electron chi connectivity index (χ4n) is 0.970. The van der Waals surface area contributed by atoms with E-state index in [1.54, 1.807) is 0 Å². The first-order valence-electron chi connectivity index (χ1n) is 3.72. The van der Waals surface area contributed by atoms with Gasteiger partial charge in [-0.05, 0) is 24.1 Å². The van der Waals surface area contributed by atoms with Crippen molar-refractivity contribution >= 4 is 17.9 Å². The zero-order valence-corrected chi connectivity index (χ0v) is 7.44. The van der Waals surface area contributed by atoms with Crippen molar-refractivity contribution in [3.63, 3.8) is 0 Å². The van der Waals surface area contributed by atoms with Crippen LogP contribution in [0.15, 0.2) is 12.1 Å². The third kappa shape index (κ3) is 2.49. The number of hydrogen-bond acceptors (Lipinski definition) is 1. The molecule has 0 amide bonds. The molecule has 0 atom stereocenters. The van der Waals surface area contributed by atoms with Gasteiger partial charge in [-0.15, -0.1) is 0 Å². The Morgan fingerprint density at radius 2 is 2.00 bits per heavy atom. The minimum Gasteiger partial charge on any atom is -0.303 e. The molecule has 0 fully saturated rings. The molecule has 1 rings (SSSR count). The molecule has 0 unspecified atom stereocenters. The molecule has 0 saturated heterocycles. The summed E-state index contributed by atoms with van der Waals surface area (Å²) in [5, 5.41) is -0.243.